The summed E-state index contributed by atoms with van der Waals surface area (Å²) in [5.41, 5.74) is 0.300. The number of benzene rings is 1. The monoisotopic (exact) mass is 348 g/mol. The second kappa shape index (κ2) is 7.72. The summed E-state index contributed by atoms with van der Waals surface area (Å²) in [6.45, 7) is 4.57. The van der Waals surface area contributed by atoms with Crippen molar-refractivity contribution in [3.63, 3.8) is 0 Å². The fourth-order valence-corrected chi connectivity index (χ4v) is 4.06. The van der Waals surface area contributed by atoms with Gasteiger partial charge in [0.1, 0.15) is 12.4 Å². The van der Waals surface area contributed by atoms with E-state index < -0.39 is 11.5 Å². The van der Waals surface area contributed by atoms with Crippen molar-refractivity contribution < 1.29 is 19.7 Å². The van der Waals surface area contributed by atoms with Gasteiger partial charge in [-0.25, -0.2) is 0 Å². The molecule has 0 saturated carbocycles. The van der Waals surface area contributed by atoms with Gasteiger partial charge >= 0.3 is 0 Å². The fraction of sp³-hybridized carbons (Fsp3) is 0.632. The van der Waals surface area contributed by atoms with Gasteiger partial charge in [0.05, 0.1) is 31.5 Å². The molecule has 6 nitrogen and oxygen atoms in total. The molecule has 0 aliphatic carbocycles. The lowest BCUT2D eigenvalue weighted by Gasteiger charge is -2.45. The molecule has 2 atom stereocenters. The molecular weight excluding hydrogens is 320 g/mol. The zero-order valence-electron chi connectivity index (χ0n) is 14.9. The number of carbonyl (C=O) groups is 1. The highest BCUT2D eigenvalue weighted by molar-refractivity contribution is 5.96. The Hall–Kier alpha value is -1.63. The molecule has 1 saturated heterocycles. The molecule has 3 rings (SSSR count). The van der Waals surface area contributed by atoms with Gasteiger partial charge in [0, 0.05) is 18.5 Å². The van der Waals surface area contributed by atoms with Crippen LogP contribution in [0.1, 0.15) is 26.2 Å². The number of ether oxygens (including phenoxy) is 1. The number of aliphatic hydroxyl groups is 2. The van der Waals surface area contributed by atoms with Crippen molar-refractivity contribution in [1.82, 2.24) is 4.90 Å². The van der Waals surface area contributed by atoms with E-state index in [4.69, 9.17) is 4.74 Å². The van der Waals surface area contributed by atoms with Gasteiger partial charge in [-0.05, 0) is 25.0 Å². The minimum Gasteiger partial charge on any atom is -0.490 e. The summed E-state index contributed by atoms with van der Waals surface area (Å²) in [7, 11) is 0. The molecule has 2 aliphatic rings. The number of amides is 1. The lowest BCUT2D eigenvalue weighted by atomic mass is 9.74. The third-order valence-electron chi connectivity index (χ3n) is 5.42. The van der Waals surface area contributed by atoms with Gasteiger partial charge in [0.2, 0.25) is 5.91 Å². The Bertz CT molecular complexity index is 609. The molecule has 1 amide bonds. The quantitative estimate of drug-likeness (QED) is 0.838. The van der Waals surface area contributed by atoms with Gasteiger partial charge < -0.3 is 19.8 Å². The molecule has 25 heavy (non-hydrogen) atoms. The Morgan fingerprint density at radius 3 is 2.92 bits per heavy atom. The largest absolute Gasteiger partial charge is 0.490 e. The van der Waals surface area contributed by atoms with Crippen LogP contribution in [0.3, 0.4) is 0 Å². The van der Waals surface area contributed by atoms with E-state index in [1.807, 2.05) is 24.3 Å². The van der Waals surface area contributed by atoms with E-state index >= 15 is 0 Å². The molecule has 0 radical (unpaired) electrons. The third kappa shape index (κ3) is 3.66. The third-order valence-corrected chi connectivity index (χ3v) is 5.42. The van der Waals surface area contributed by atoms with Gasteiger partial charge in [-0.2, -0.15) is 0 Å². The predicted octanol–water partition coefficient (Wildman–Crippen LogP) is 1.26. The lowest BCUT2D eigenvalue weighted by Crippen LogP contribution is -2.56. The highest BCUT2D eigenvalue weighted by Gasteiger charge is 2.42. The van der Waals surface area contributed by atoms with Crippen molar-refractivity contribution >= 4 is 11.6 Å². The smallest absolute Gasteiger partial charge is 0.241 e. The van der Waals surface area contributed by atoms with Crippen molar-refractivity contribution in [3.8, 4) is 5.75 Å². The standard InChI is InChI=1S/C19H28N2O4/c1-2-8-19(14-22)13-20(9-7-17(19)23)12-18(24)21-10-11-25-16-6-4-3-5-15(16)21/h3-6,17,22-23H,2,7-14H2,1H3/t17-,19+/m1/s1. The molecule has 2 heterocycles. The minimum absolute atomic E-state index is 0.0375. The molecule has 6 heteroatoms. The van der Waals surface area contributed by atoms with Crippen LogP contribution in [-0.2, 0) is 4.79 Å². The van der Waals surface area contributed by atoms with E-state index in [0.717, 1.165) is 24.3 Å². The number of carbonyl (C=O) groups excluding carboxylic acids is 1. The molecule has 0 bridgehead atoms. The number of fused-ring (bicyclic) bond motifs is 1. The van der Waals surface area contributed by atoms with Crippen LogP contribution in [0.2, 0.25) is 0 Å². The van der Waals surface area contributed by atoms with Crippen molar-refractivity contribution in [1.29, 1.82) is 0 Å². The Balaban J connectivity index is 1.69. The van der Waals surface area contributed by atoms with Gasteiger partial charge in [-0.15, -0.1) is 0 Å². The van der Waals surface area contributed by atoms with Crippen LogP contribution in [-0.4, -0.2) is 66.5 Å². The van der Waals surface area contributed by atoms with Crippen LogP contribution >= 0.6 is 0 Å². The van der Waals surface area contributed by atoms with E-state index in [1.54, 1.807) is 4.90 Å². The fourth-order valence-electron chi connectivity index (χ4n) is 4.06. The van der Waals surface area contributed by atoms with Gasteiger partial charge in [0.15, 0.2) is 0 Å². The number of hydrogen-bond acceptors (Lipinski definition) is 5. The van der Waals surface area contributed by atoms with E-state index in [9.17, 15) is 15.0 Å². The van der Waals surface area contributed by atoms with Crippen molar-refractivity contribution in [2.45, 2.75) is 32.3 Å². The Labute approximate surface area is 149 Å². The normalized spacial score (nSPS) is 26.8. The Kier molecular flexibility index (Phi) is 5.61. The maximum atomic E-state index is 12.9. The summed E-state index contributed by atoms with van der Waals surface area (Å²) >= 11 is 0. The second-order valence-corrected chi connectivity index (χ2v) is 7.15. The molecule has 2 N–H and O–H groups in total. The average Bonchev–Trinajstić information content (AvgIpc) is 2.64. The first kappa shape index (κ1) is 18.2. The molecule has 138 valence electrons. The van der Waals surface area contributed by atoms with E-state index in [2.05, 4.69) is 11.8 Å². The second-order valence-electron chi connectivity index (χ2n) is 7.15. The number of nitrogens with zero attached hydrogens (tertiary/aromatic N) is 2. The van der Waals surface area contributed by atoms with Crippen molar-refractivity contribution in [3.05, 3.63) is 24.3 Å². The Morgan fingerprint density at radius 1 is 1.36 bits per heavy atom. The van der Waals surface area contributed by atoms with Crippen LogP contribution in [0, 0.1) is 5.41 Å². The van der Waals surface area contributed by atoms with Crippen LogP contribution in [0.15, 0.2) is 24.3 Å². The number of piperidine rings is 1. The summed E-state index contributed by atoms with van der Waals surface area (Å²) in [4.78, 5) is 16.7. The lowest BCUT2D eigenvalue weighted by molar-refractivity contribution is -0.124. The molecule has 1 aromatic carbocycles. The molecule has 0 unspecified atom stereocenters. The first-order valence-corrected chi connectivity index (χ1v) is 9.13. The van der Waals surface area contributed by atoms with Gasteiger partial charge in [-0.1, -0.05) is 25.5 Å². The minimum atomic E-state index is -0.518. The highest BCUT2D eigenvalue weighted by atomic mass is 16.5. The predicted molar refractivity (Wildman–Crippen MR) is 95.8 cm³/mol. The van der Waals surface area contributed by atoms with Crippen LogP contribution in [0.4, 0.5) is 5.69 Å². The number of likely N-dealkylation sites (tertiary alicyclic amines) is 1. The SMILES string of the molecule is CCC[C@@]1(CO)CN(CC(=O)N2CCOc3ccccc32)CC[C@H]1O. The van der Waals surface area contributed by atoms with Crippen molar-refractivity contribution in [2.75, 3.05) is 44.3 Å². The number of hydrogen-bond donors (Lipinski definition) is 2. The maximum Gasteiger partial charge on any atom is 0.241 e. The summed E-state index contributed by atoms with van der Waals surface area (Å²) in [5, 5.41) is 20.3. The molecule has 0 spiro atoms. The number of aliphatic hydroxyl groups excluding tert-OH is 2. The van der Waals surface area contributed by atoms with Crippen molar-refractivity contribution in [2.24, 2.45) is 5.41 Å². The zero-order chi connectivity index (χ0) is 17.9. The van der Waals surface area contributed by atoms with Crippen LogP contribution in [0.25, 0.3) is 0 Å². The summed E-state index contributed by atoms with van der Waals surface area (Å²) in [6, 6.07) is 7.59. The number of para-hydroxylation sites is 2. The topological polar surface area (TPSA) is 73.2 Å². The Morgan fingerprint density at radius 2 is 2.16 bits per heavy atom. The molecule has 2 aliphatic heterocycles. The first-order valence-electron chi connectivity index (χ1n) is 9.13. The number of rotatable bonds is 5. The summed E-state index contributed by atoms with van der Waals surface area (Å²) in [6.07, 6.45) is 1.74. The van der Waals surface area contributed by atoms with E-state index in [0.29, 0.717) is 39.2 Å². The van der Waals surface area contributed by atoms with Crippen LogP contribution in [0.5, 0.6) is 5.75 Å². The zero-order valence-corrected chi connectivity index (χ0v) is 14.9. The van der Waals surface area contributed by atoms with Gasteiger partial charge in [-0.3, -0.25) is 9.69 Å². The van der Waals surface area contributed by atoms with E-state index in [-0.39, 0.29) is 12.5 Å². The van der Waals surface area contributed by atoms with Gasteiger partial charge in [0.25, 0.3) is 0 Å². The highest BCUT2D eigenvalue weighted by Crippen LogP contribution is 2.35. The maximum absolute atomic E-state index is 12.9. The summed E-state index contributed by atoms with van der Waals surface area (Å²) < 4.78 is 5.62. The summed E-state index contributed by atoms with van der Waals surface area (Å²) in [5.74, 6) is 0.780. The number of anilines is 1. The average molecular weight is 348 g/mol. The molecule has 1 fully saturated rings. The van der Waals surface area contributed by atoms with E-state index in [1.165, 1.54) is 0 Å². The molecular formula is C19H28N2O4. The molecule has 0 aromatic heterocycles. The first-order chi connectivity index (χ1) is 12.1. The van der Waals surface area contributed by atoms with Crippen LogP contribution < -0.4 is 9.64 Å². The molecule has 1 aromatic rings.